The maximum absolute atomic E-state index is 13.4. The quantitative estimate of drug-likeness (QED) is 0.632. The highest BCUT2D eigenvalue weighted by Crippen LogP contribution is 2.38. The van der Waals surface area contributed by atoms with Gasteiger partial charge in [-0.15, -0.1) is 0 Å². The molecule has 1 atom stereocenters. The first-order valence-corrected chi connectivity index (χ1v) is 11.6. The first kappa shape index (κ1) is 24.3. The minimum atomic E-state index is -4.80. The van der Waals surface area contributed by atoms with Gasteiger partial charge in [0.1, 0.15) is 6.54 Å². The number of carbonyl (C=O) groups is 1. The van der Waals surface area contributed by atoms with Gasteiger partial charge in [0, 0.05) is 13.2 Å². The summed E-state index contributed by atoms with van der Waals surface area (Å²) in [4.78, 5) is 12.4. The van der Waals surface area contributed by atoms with Crippen molar-refractivity contribution in [3.63, 3.8) is 0 Å². The fourth-order valence-electron chi connectivity index (χ4n) is 3.26. The van der Waals surface area contributed by atoms with Gasteiger partial charge < -0.3 is 10.1 Å². The van der Waals surface area contributed by atoms with Crippen molar-refractivity contribution in [3.05, 3.63) is 58.6 Å². The van der Waals surface area contributed by atoms with Gasteiger partial charge in [-0.2, -0.15) is 13.2 Å². The molecule has 0 bridgehead atoms. The van der Waals surface area contributed by atoms with Crippen LogP contribution in [-0.4, -0.2) is 40.1 Å². The predicted octanol–water partition coefficient (Wildman–Crippen LogP) is 4.16. The van der Waals surface area contributed by atoms with E-state index in [1.165, 1.54) is 12.1 Å². The number of sulfonamides is 1. The fraction of sp³-hybridized carbons (Fsp3) is 0.381. The highest BCUT2D eigenvalue weighted by atomic mass is 35.5. The van der Waals surface area contributed by atoms with E-state index in [2.05, 4.69) is 5.32 Å². The number of anilines is 1. The summed E-state index contributed by atoms with van der Waals surface area (Å²) in [6.07, 6.45) is -3.35. The SMILES string of the molecule is Cc1ccc(S(=O)(=O)N(CC(=O)NC[C@@H]2CCCO2)c2ccc(Cl)c(C(F)(F)F)c2)cc1. The smallest absolute Gasteiger partial charge is 0.376 e. The van der Waals surface area contributed by atoms with Crippen molar-refractivity contribution in [2.24, 2.45) is 0 Å². The van der Waals surface area contributed by atoms with Crippen molar-refractivity contribution in [1.82, 2.24) is 5.32 Å². The molecule has 11 heteroatoms. The molecule has 0 radical (unpaired) electrons. The standard InChI is InChI=1S/C21H22ClF3N2O4S/c1-14-4-7-17(8-5-14)32(29,30)27(13-20(28)26-12-16-3-2-10-31-16)15-6-9-19(22)18(11-15)21(23,24)25/h4-9,11,16H,2-3,10,12-13H2,1H3,(H,26,28)/t16-/m0/s1. The Morgan fingerprint density at radius 2 is 1.91 bits per heavy atom. The van der Waals surface area contributed by atoms with Crippen LogP contribution in [0.25, 0.3) is 0 Å². The Morgan fingerprint density at radius 3 is 2.50 bits per heavy atom. The molecule has 6 nitrogen and oxygen atoms in total. The molecule has 1 aliphatic heterocycles. The third-order valence-electron chi connectivity index (χ3n) is 4.99. The van der Waals surface area contributed by atoms with Crippen LogP contribution >= 0.6 is 11.6 Å². The molecule has 2 aromatic carbocycles. The third kappa shape index (κ3) is 5.73. The van der Waals surface area contributed by atoms with E-state index in [9.17, 15) is 26.4 Å². The fourth-order valence-corrected chi connectivity index (χ4v) is 4.89. The number of nitrogens with one attached hydrogen (secondary N) is 1. The average Bonchev–Trinajstić information content (AvgIpc) is 3.24. The van der Waals surface area contributed by atoms with E-state index < -0.39 is 39.2 Å². The van der Waals surface area contributed by atoms with E-state index >= 15 is 0 Å². The van der Waals surface area contributed by atoms with Crippen molar-refractivity contribution >= 4 is 33.2 Å². The Labute approximate surface area is 189 Å². The number of hydrogen-bond donors (Lipinski definition) is 1. The van der Waals surface area contributed by atoms with Gasteiger partial charge >= 0.3 is 6.18 Å². The number of nitrogens with zero attached hydrogens (tertiary/aromatic N) is 1. The number of rotatable bonds is 7. The lowest BCUT2D eigenvalue weighted by molar-refractivity contribution is -0.137. The number of benzene rings is 2. The van der Waals surface area contributed by atoms with Crippen LogP contribution in [0.15, 0.2) is 47.4 Å². The van der Waals surface area contributed by atoms with Gasteiger partial charge in [0.05, 0.1) is 27.3 Å². The summed E-state index contributed by atoms with van der Waals surface area (Å²) in [6, 6.07) is 8.52. The number of ether oxygens (including phenoxy) is 1. The average molecular weight is 491 g/mol. The van der Waals surface area contributed by atoms with Crippen molar-refractivity contribution < 1.29 is 31.1 Å². The number of hydrogen-bond acceptors (Lipinski definition) is 4. The zero-order valence-corrected chi connectivity index (χ0v) is 18.7. The summed E-state index contributed by atoms with van der Waals surface area (Å²) in [6.45, 7) is 1.83. The number of carbonyl (C=O) groups excluding carboxylic acids is 1. The van der Waals surface area contributed by atoms with Gasteiger partial charge in [-0.25, -0.2) is 8.42 Å². The maximum Gasteiger partial charge on any atom is 0.417 e. The topological polar surface area (TPSA) is 75.7 Å². The van der Waals surface area contributed by atoms with Gasteiger partial charge in [-0.05, 0) is 50.1 Å². The second-order valence-corrected chi connectivity index (χ2v) is 9.70. The van der Waals surface area contributed by atoms with Crippen molar-refractivity contribution in [1.29, 1.82) is 0 Å². The van der Waals surface area contributed by atoms with Gasteiger partial charge in [0.2, 0.25) is 5.91 Å². The number of amides is 1. The largest absolute Gasteiger partial charge is 0.417 e. The molecule has 0 aromatic heterocycles. The molecule has 32 heavy (non-hydrogen) atoms. The zero-order chi connectivity index (χ0) is 23.5. The molecule has 0 spiro atoms. The van der Waals surface area contributed by atoms with Gasteiger partial charge in [0.25, 0.3) is 10.0 Å². The van der Waals surface area contributed by atoms with E-state index in [1.54, 1.807) is 19.1 Å². The van der Waals surface area contributed by atoms with Crippen LogP contribution in [0, 0.1) is 6.92 Å². The highest BCUT2D eigenvalue weighted by molar-refractivity contribution is 7.92. The molecule has 0 unspecified atom stereocenters. The summed E-state index contributed by atoms with van der Waals surface area (Å²) in [7, 11) is -4.35. The minimum absolute atomic E-state index is 0.154. The van der Waals surface area contributed by atoms with E-state index in [-0.39, 0.29) is 23.2 Å². The molecular weight excluding hydrogens is 469 g/mol. The summed E-state index contributed by atoms with van der Waals surface area (Å²) < 4.78 is 72.8. The van der Waals surface area contributed by atoms with Crippen molar-refractivity contribution in [3.8, 4) is 0 Å². The molecule has 1 saturated heterocycles. The first-order valence-electron chi connectivity index (χ1n) is 9.83. The normalized spacial score (nSPS) is 16.7. The summed E-state index contributed by atoms with van der Waals surface area (Å²) in [5, 5.41) is 2.02. The Balaban J connectivity index is 1.95. The van der Waals surface area contributed by atoms with Gasteiger partial charge in [-0.3, -0.25) is 9.10 Å². The molecule has 1 N–H and O–H groups in total. The number of alkyl halides is 3. The molecule has 1 aliphatic rings. The Morgan fingerprint density at radius 1 is 1.22 bits per heavy atom. The summed E-state index contributed by atoms with van der Waals surface area (Å²) in [5.41, 5.74) is -0.717. The minimum Gasteiger partial charge on any atom is -0.376 e. The van der Waals surface area contributed by atoms with Gasteiger partial charge in [0.15, 0.2) is 0 Å². The van der Waals surface area contributed by atoms with Crippen LogP contribution < -0.4 is 9.62 Å². The lowest BCUT2D eigenvalue weighted by Crippen LogP contribution is -2.43. The van der Waals surface area contributed by atoms with Crippen LogP contribution in [0.1, 0.15) is 24.0 Å². The van der Waals surface area contributed by atoms with E-state index in [4.69, 9.17) is 16.3 Å². The van der Waals surface area contributed by atoms with E-state index in [1.807, 2.05) is 0 Å². The van der Waals surface area contributed by atoms with Crippen molar-refractivity contribution in [2.75, 3.05) is 24.0 Å². The van der Waals surface area contributed by atoms with Crippen molar-refractivity contribution in [2.45, 2.75) is 36.9 Å². The third-order valence-corrected chi connectivity index (χ3v) is 7.11. The lowest BCUT2D eigenvalue weighted by atomic mass is 10.2. The number of aryl methyl sites for hydroxylation is 1. The maximum atomic E-state index is 13.4. The molecule has 1 amide bonds. The monoisotopic (exact) mass is 490 g/mol. The van der Waals surface area contributed by atoms with E-state index in [0.29, 0.717) is 17.0 Å². The second-order valence-electron chi connectivity index (χ2n) is 7.43. The summed E-state index contributed by atoms with van der Waals surface area (Å²) in [5.74, 6) is -0.667. The van der Waals surface area contributed by atoms with E-state index in [0.717, 1.165) is 30.5 Å². The predicted molar refractivity (Wildman–Crippen MR) is 114 cm³/mol. The first-order chi connectivity index (χ1) is 15.0. The molecule has 3 rings (SSSR count). The Hall–Kier alpha value is -2.30. The Bertz CT molecular complexity index is 1070. The molecule has 2 aromatic rings. The number of halogens is 4. The molecular formula is C21H22ClF3N2O4S. The lowest BCUT2D eigenvalue weighted by Gasteiger charge is -2.25. The van der Waals surface area contributed by atoms with Crippen LogP contribution in [-0.2, 0) is 25.7 Å². The molecule has 0 saturated carbocycles. The van der Waals surface area contributed by atoms with Crippen LogP contribution in [0.5, 0.6) is 0 Å². The van der Waals surface area contributed by atoms with Crippen LogP contribution in [0.4, 0.5) is 18.9 Å². The molecule has 1 fully saturated rings. The zero-order valence-electron chi connectivity index (χ0n) is 17.2. The van der Waals surface area contributed by atoms with Gasteiger partial charge in [-0.1, -0.05) is 29.3 Å². The molecule has 1 heterocycles. The van der Waals surface area contributed by atoms with Crippen LogP contribution in [0.2, 0.25) is 5.02 Å². The summed E-state index contributed by atoms with van der Waals surface area (Å²) >= 11 is 5.68. The Kier molecular flexibility index (Phi) is 7.36. The second kappa shape index (κ2) is 9.68. The molecule has 174 valence electrons. The molecule has 0 aliphatic carbocycles. The van der Waals surface area contributed by atoms with Crippen LogP contribution in [0.3, 0.4) is 0 Å². The highest BCUT2D eigenvalue weighted by Gasteiger charge is 2.35.